The van der Waals surface area contributed by atoms with Gasteiger partial charge in [0.05, 0.1) is 17.8 Å². The van der Waals surface area contributed by atoms with Crippen LogP contribution in [0.15, 0.2) is 46.8 Å². The van der Waals surface area contributed by atoms with E-state index in [1.807, 2.05) is 12.1 Å². The number of halogens is 3. The number of carbonyl (C=O) groups excluding carboxylic acids is 1. The summed E-state index contributed by atoms with van der Waals surface area (Å²) >= 11 is 1.37. The zero-order chi connectivity index (χ0) is 22.9. The van der Waals surface area contributed by atoms with E-state index in [-0.39, 0.29) is 38.5 Å². The first-order valence-corrected chi connectivity index (χ1v) is 11.9. The molecule has 0 radical (unpaired) electrons. The number of benzene rings is 1. The standard InChI is InChI=1S/C20H17F3N4O3S2/c21-14-4-5-16(19(23)18(14)22)32(29,30)27-9-7-26(8-10-27)17(28)11-13-12-31-20(25-13)15-3-1-2-6-24-15/h1-6,12H,7-11H2. The van der Waals surface area contributed by atoms with Gasteiger partial charge < -0.3 is 4.90 Å². The summed E-state index contributed by atoms with van der Waals surface area (Å²) < 4.78 is 66.9. The largest absolute Gasteiger partial charge is 0.340 e. The minimum Gasteiger partial charge on any atom is -0.340 e. The summed E-state index contributed by atoms with van der Waals surface area (Å²) in [6.07, 6.45) is 1.70. The quantitative estimate of drug-likeness (QED) is 0.523. The molecule has 3 aromatic rings. The summed E-state index contributed by atoms with van der Waals surface area (Å²) in [7, 11) is -4.37. The van der Waals surface area contributed by atoms with E-state index in [0.717, 1.165) is 4.31 Å². The highest BCUT2D eigenvalue weighted by molar-refractivity contribution is 7.89. The molecule has 3 heterocycles. The summed E-state index contributed by atoms with van der Waals surface area (Å²) in [5.74, 6) is -5.28. The summed E-state index contributed by atoms with van der Waals surface area (Å²) in [4.78, 5) is 21.8. The fourth-order valence-corrected chi connectivity index (χ4v) is 5.56. The van der Waals surface area contributed by atoms with Gasteiger partial charge in [-0.3, -0.25) is 9.78 Å². The van der Waals surface area contributed by atoms with Crippen molar-refractivity contribution in [2.24, 2.45) is 0 Å². The molecule has 0 aliphatic carbocycles. The molecular weight excluding hydrogens is 465 g/mol. The van der Waals surface area contributed by atoms with Crippen LogP contribution >= 0.6 is 11.3 Å². The van der Waals surface area contributed by atoms with Crippen LogP contribution in [0.25, 0.3) is 10.7 Å². The van der Waals surface area contributed by atoms with E-state index in [9.17, 15) is 26.4 Å². The lowest BCUT2D eigenvalue weighted by Crippen LogP contribution is -2.51. The maximum atomic E-state index is 14.0. The monoisotopic (exact) mass is 482 g/mol. The number of carbonyl (C=O) groups is 1. The Labute approximate surface area is 186 Å². The third-order valence-corrected chi connectivity index (χ3v) is 7.81. The van der Waals surface area contributed by atoms with Gasteiger partial charge in [0.2, 0.25) is 15.9 Å². The normalized spacial score (nSPS) is 15.2. The van der Waals surface area contributed by atoms with E-state index in [1.165, 1.54) is 16.2 Å². The Morgan fingerprint density at radius 2 is 1.78 bits per heavy atom. The van der Waals surface area contributed by atoms with Crippen LogP contribution < -0.4 is 0 Å². The average molecular weight is 483 g/mol. The number of hydrogen-bond acceptors (Lipinski definition) is 6. The van der Waals surface area contributed by atoms with Gasteiger partial charge in [0.1, 0.15) is 9.90 Å². The highest BCUT2D eigenvalue weighted by atomic mass is 32.2. The molecule has 0 N–H and O–H groups in total. The Morgan fingerprint density at radius 1 is 1.03 bits per heavy atom. The van der Waals surface area contributed by atoms with E-state index in [4.69, 9.17) is 0 Å². The smallest absolute Gasteiger partial charge is 0.246 e. The fourth-order valence-electron chi connectivity index (χ4n) is 3.29. The molecule has 0 unspecified atom stereocenters. The number of rotatable bonds is 5. The average Bonchev–Trinajstić information content (AvgIpc) is 3.26. The molecule has 1 aromatic carbocycles. The van der Waals surface area contributed by atoms with Gasteiger partial charge in [-0.2, -0.15) is 4.31 Å². The lowest BCUT2D eigenvalue weighted by Gasteiger charge is -2.34. The Balaban J connectivity index is 1.39. The van der Waals surface area contributed by atoms with Gasteiger partial charge in [0.15, 0.2) is 17.5 Å². The molecule has 1 aliphatic rings. The molecule has 0 saturated carbocycles. The third kappa shape index (κ3) is 4.38. The van der Waals surface area contributed by atoms with Gasteiger partial charge in [-0.1, -0.05) is 6.07 Å². The van der Waals surface area contributed by atoms with Gasteiger partial charge in [-0.25, -0.2) is 26.6 Å². The topological polar surface area (TPSA) is 83.5 Å². The minimum atomic E-state index is -4.37. The molecule has 0 atom stereocenters. The number of pyridine rings is 1. The summed E-state index contributed by atoms with van der Waals surface area (Å²) in [6, 6.07) is 6.72. The number of sulfonamides is 1. The van der Waals surface area contributed by atoms with E-state index < -0.39 is 32.4 Å². The first kappa shape index (κ1) is 22.4. The third-order valence-electron chi connectivity index (χ3n) is 4.98. The van der Waals surface area contributed by atoms with Crippen LogP contribution in [0.1, 0.15) is 5.69 Å². The number of hydrogen-bond donors (Lipinski definition) is 0. The molecule has 1 fully saturated rings. The SMILES string of the molecule is O=C(Cc1csc(-c2ccccn2)n1)N1CCN(S(=O)(=O)c2ccc(F)c(F)c2F)CC1. The number of amides is 1. The molecule has 0 spiro atoms. The molecule has 0 bridgehead atoms. The van der Waals surface area contributed by atoms with Gasteiger partial charge in [0.25, 0.3) is 0 Å². The van der Waals surface area contributed by atoms with Crippen molar-refractivity contribution in [3.05, 3.63) is 65.1 Å². The molecule has 168 valence electrons. The van der Waals surface area contributed by atoms with Gasteiger partial charge in [-0.15, -0.1) is 11.3 Å². The lowest BCUT2D eigenvalue weighted by molar-refractivity contribution is -0.131. The molecular formula is C20H17F3N4O3S2. The molecule has 7 nitrogen and oxygen atoms in total. The van der Waals surface area contributed by atoms with Gasteiger partial charge in [0, 0.05) is 37.8 Å². The predicted molar refractivity (Wildman–Crippen MR) is 111 cm³/mol. The Morgan fingerprint density at radius 3 is 2.47 bits per heavy atom. The minimum absolute atomic E-state index is 0.0495. The maximum absolute atomic E-state index is 14.0. The Hall–Kier alpha value is -2.83. The molecule has 32 heavy (non-hydrogen) atoms. The highest BCUT2D eigenvalue weighted by Crippen LogP contribution is 2.25. The van der Waals surface area contributed by atoms with E-state index >= 15 is 0 Å². The summed E-state index contributed by atoms with van der Waals surface area (Å²) in [5, 5.41) is 2.46. The van der Waals surface area contributed by atoms with Crippen LogP contribution in [-0.4, -0.2) is 59.7 Å². The zero-order valence-electron chi connectivity index (χ0n) is 16.5. The second-order valence-corrected chi connectivity index (χ2v) is 9.76. The van der Waals surface area contributed by atoms with Crippen molar-refractivity contribution in [3.8, 4) is 10.7 Å². The van der Waals surface area contributed by atoms with Crippen molar-refractivity contribution in [1.82, 2.24) is 19.2 Å². The second kappa shape index (κ2) is 8.96. The van der Waals surface area contributed by atoms with Gasteiger partial charge in [-0.05, 0) is 24.3 Å². The van der Waals surface area contributed by atoms with Crippen molar-refractivity contribution in [1.29, 1.82) is 0 Å². The molecule has 1 amide bonds. The number of nitrogens with zero attached hydrogens (tertiary/aromatic N) is 4. The van der Waals surface area contributed by atoms with Crippen LogP contribution in [0.4, 0.5) is 13.2 Å². The molecule has 1 aliphatic heterocycles. The number of piperazine rings is 1. The number of aromatic nitrogens is 2. The predicted octanol–water partition coefficient (Wildman–Crippen LogP) is 2.70. The molecule has 2 aromatic heterocycles. The van der Waals surface area contributed by atoms with Crippen LogP contribution in [0, 0.1) is 17.5 Å². The number of thiazole rings is 1. The van der Waals surface area contributed by atoms with Crippen LogP contribution in [0.3, 0.4) is 0 Å². The van der Waals surface area contributed by atoms with Crippen LogP contribution in [0.2, 0.25) is 0 Å². The van der Waals surface area contributed by atoms with Crippen molar-refractivity contribution >= 4 is 27.3 Å². The van der Waals surface area contributed by atoms with E-state index in [2.05, 4.69) is 9.97 Å². The van der Waals surface area contributed by atoms with Gasteiger partial charge >= 0.3 is 0 Å². The summed E-state index contributed by atoms with van der Waals surface area (Å²) in [5.41, 5.74) is 1.29. The van der Waals surface area contributed by atoms with Crippen molar-refractivity contribution in [2.45, 2.75) is 11.3 Å². The molecule has 1 saturated heterocycles. The van der Waals surface area contributed by atoms with Crippen LogP contribution in [0.5, 0.6) is 0 Å². The van der Waals surface area contributed by atoms with Crippen LogP contribution in [-0.2, 0) is 21.2 Å². The Bertz CT molecular complexity index is 1240. The second-order valence-electron chi connectivity index (χ2n) is 6.99. The fraction of sp³-hybridized carbons (Fsp3) is 0.250. The first-order valence-electron chi connectivity index (χ1n) is 9.54. The molecule has 4 rings (SSSR count). The van der Waals surface area contributed by atoms with Crippen molar-refractivity contribution in [3.63, 3.8) is 0 Å². The highest BCUT2D eigenvalue weighted by Gasteiger charge is 2.33. The van der Waals surface area contributed by atoms with E-state index in [0.29, 0.717) is 28.5 Å². The zero-order valence-corrected chi connectivity index (χ0v) is 18.2. The molecule has 12 heteroatoms. The van der Waals surface area contributed by atoms with E-state index in [1.54, 1.807) is 17.6 Å². The Kier molecular flexibility index (Phi) is 6.26. The summed E-state index contributed by atoms with van der Waals surface area (Å²) in [6.45, 7) is -0.0211. The van der Waals surface area contributed by atoms with Crippen molar-refractivity contribution in [2.75, 3.05) is 26.2 Å². The van der Waals surface area contributed by atoms with Crippen molar-refractivity contribution < 1.29 is 26.4 Å². The lowest BCUT2D eigenvalue weighted by atomic mass is 10.2. The maximum Gasteiger partial charge on any atom is 0.246 e. The first-order chi connectivity index (χ1) is 15.3.